The third-order valence-electron chi connectivity index (χ3n) is 4.13. The number of carbonyl (C=O) groups excluding carboxylic acids is 2. The molecule has 148 valence electrons. The molecule has 29 heavy (non-hydrogen) atoms. The number of esters is 1. The molecule has 3 aromatic rings. The minimum atomic E-state index is -0.461. The second-order valence-corrected chi connectivity index (χ2v) is 6.36. The van der Waals surface area contributed by atoms with Crippen LogP contribution in [0.25, 0.3) is 0 Å². The van der Waals surface area contributed by atoms with Crippen LogP contribution in [-0.2, 0) is 4.74 Å². The Hall–Kier alpha value is -3.94. The van der Waals surface area contributed by atoms with Crippen molar-refractivity contribution in [1.29, 1.82) is 0 Å². The van der Waals surface area contributed by atoms with Gasteiger partial charge < -0.3 is 20.3 Å². The molecule has 8 nitrogen and oxygen atoms in total. The molecule has 0 atom stereocenters. The molecule has 0 bridgehead atoms. The molecule has 0 aliphatic heterocycles. The van der Waals surface area contributed by atoms with Gasteiger partial charge in [0.05, 0.1) is 18.4 Å². The fraction of sp³-hybridized carbons (Fsp3) is 0.143. The summed E-state index contributed by atoms with van der Waals surface area (Å²) in [6.07, 6.45) is 0. The molecule has 0 spiro atoms. The lowest BCUT2D eigenvalue weighted by atomic mass is 10.2. The number of hydrogen-bond donors (Lipinski definition) is 2. The summed E-state index contributed by atoms with van der Waals surface area (Å²) < 4.78 is 4.77. The van der Waals surface area contributed by atoms with Gasteiger partial charge in [-0.2, -0.15) is 0 Å². The fourth-order valence-corrected chi connectivity index (χ4v) is 2.58. The number of benzene rings is 2. The number of rotatable bonds is 6. The first-order valence-electron chi connectivity index (χ1n) is 8.85. The summed E-state index contributed by atoms with van der Waals surface area (Å²) in [6, 6.07) is 17.5. The SMILES string of the molecule is COC(=O)c1ccccc1Nc1ccc(C(=O)Nc2ccc(N(C)C)cc2)nn1. The second kappa shape index (κ2) is 8.83. The summed E-state index contributed by atoms with van der Waals surface area (Å²) in [6.45, 7) is 0. The van der Waals surface area contributed by atoms with Crippen molar-refractivity contribution in [2.24, 2.45) is 0 Å². The molecule has 0 saturated heterocycles. The summed E-state index contributed by atoms with van der Waals surface area (Å²) in [7, 11) is 5.21. The van der Waals surface area contributed by atoms with Gasteiger partial charge in [0.15, 0.2) is 11.5 Å². The molecule has 1 heterocycles. The Morgan fingerprint density at radius 2 is 1.66 bits per heavy atom. The van der Waals surface area contributed by atoms with Crippen LogP contribution in [0.15, 0.2) is 60.7 Å². The first-order chi connectivity index (χ1) is 14.0. The Morgan fingerprint density at radius 1 is 0.931 bits per heavy atom. The third kappa shape index (κ3) is 4.86. The van der Waals surface area contributed by atoms with Crippen LogP contribution in [0.3, 0.4) is 0 Å². The van der Waals surface area contributed by atoms with E-state index in [0.717, 1.165) is 5.69 Å². The van der Waals surface area contributed by atoms with E-state index in [1.165, 1.54) is 7.11 Å². The molecular weight excluding hydrogens is 370 g/mol. The molecule has 0 aliphatic rings. The van der Waals surface area contributed by atoms with Gasteiger partial charge in [-0.25, -0.2) is 4.79 Å². The molecule has 0 aliphatic carbocycles. The summed E-state index contributed by atoms with van der Waals surface area (Å²) in [5.74, 6) is -0.429. The van der Waals surface area contributed by atoms with Gasteiger partial charge >= 0.3 is 5.97 Å². The zero-order chi connectivity index (χ0) is 20.8. The van der Waals surface area contributed by atoms with E-state index in [0.29, 0.717) is 22.8 Å². The minimum absolute atomic E-state index is 0.175. The first-order valence-corrected chi connectivity index (χ1v) is 8.85. The Morgan fingerprint density at radius 3 is 2.28 bits per heavy atom. The molecule has 1 aromatic heterocycles. The van der Waals surface area contributed by atoms with Crippen LogP contribution < -0.4 is 15.5 Å². The largest absolute Gasteiger partial charge is 0.465 e. The van der Waals surface area contributed by atoms with Crippen LogP contribution in [0.4, 0.5) is 22.9 Å². The van der Waals surface area contributed by atoms with Crippen molar-refractivity contribution in [3.05, 3.63) is 71.9 Å². The van der Waals surface area contributed by atoms with E-state index < -0.39 is 5.97 Å². The van der Waals surface area contributed by atoms with Crippen molar-refractivity contribution in [3.8, 4) is 0 Å². The third-order valence-corrected chi connectivity index (χ3v) is 4.13. The van der Waals surface area contributed by atoms with Crippen molar-refractivity contribution >= 4 is 34.8 Å². The average molecular weight is 391 g/mol. The number of anilines is 4. The summed E-state index contributed by atoms with van der Waals surface area (Å²) >= 11 is 0. The van der Waals surface area contributed by atoms with E-state index in [4.69, 9.17) is 4.74 Å². The van der Waals surface area contributed by atoms with Crippen LogP contribution in [0.1, 0.15) is 20.8 Å². The zero-order valence-corrected chi connectivity index (χ0v) is 16.3. The minimum Gasteiger partial charge on any atom is -0.465 e. The smallest absolute Gasteiger partial charge is 0.339 e. The molecular formula is C21H21N5O3. The molecule has 1 amide bonds. The van der Waals surface area contributed by atoms with Gasteiger partial charge in [0.2, 0.25) is 0 Å². The topological polar surface area (TPSA) is 96.4 Å². The molecule has 0 saturated carbocycles. The van der Waals surface area contributed by atoms with Crippen molar-refractivity contribution in [2.75, 3.05) is 36.7 Å². The lowest BCUT2D eigenvalue weighted by Gasteiger charge is -2.13. The van der Waals surface area contributed by atoms with E-state index >= 15 is 0 Å². The van der Waals surface area contributed by atoms with Crippen molar-refractivity contribution in [1.82, 2.24) is 10.2 Å². The molecule has 0 radical (unpaired) electrons. The highest BCUT2D eigenvalue weighted by molar-refractivity contribution is 6.03. The normalized spacial score (nSPS) is 10.2. The van der Waals surface area contributed by atoms with Crippen LogP contribution in [0.5, 0.6) is 0 Å². The van der Waals surface area contributed by atoms with Crippen molar-refractivity contribution in [2.45, 2.75) is 0 Å². The Kier molecular flexibility index (Phi) is 6.03. The number of para-hydroxylation sites is 1. The zero-order valence-electron chi connectivity index (χ0n) is 16.3. The van der Waals surface area contributed by atoms with Gasteiger partial charge in [0, 0.05) is 25.5 Å². The predicted molar refractivity (Wildman–Crippen MR) is 112 cm³/mol. The maximum atomic E-state index is 12.4. The van der Waals surface area contributed by atoms with E-state index in [1.807, 2.05) is 43.3 Å². The lowest BCUT2D eigenvalue weighted by Crippen LogP contribution is -2.15. The van der Waals surface area contributed by atoms with Gasteiger partial charge in [-0.3, -0.25) is 4.79 Å². The standard InChI is InChI=1S/C21H21N5O3/c1-26(2)15-10-8-14(9-11-15)22-20(27)18-12-13-19(25-24-18)23-17-7-5-4-6-16(17)21(28)29-3/h4-13H,1-3H3,(H,22,27)(H,23,25). The number of amides is 1. The number of ether oxygens (including phenoxy) is 1. The monoisotopic (exact) mass is 391 g/mol. The van der Waals surface area contributed by atoms with Crippen LogP contribution >= 0.6 is 0 Å². The number of carbonyl (C=O) groups is 2. The summed E-state index contributed by atoms with van der Waals surface area (Å²) in [5, 5.41) is 13.8. The maximum Gasteiger partial charge on any atom is 0.339 e. The number of hydrogen-bond acceptors (Lipinski definition) is 7. The first kappa shape index (κ1) is 19.8. The highest BCUT2D eigenvalue weighted by atomic mass is 16.5. The van der Waals surface area contributed by atoms with E-state index in [1.54, 1.807) is 36.4 Å². The number of nitrogens with one attached hydrogen (secondary N) is 2. The van der Waals surface area contributed by atoms with Gasteiger partial charge in [0.25, 0.3) is 5.91 Å². The quantitative estimate of drug-likeness (QED) is 0.622. The molecule has 0 unspecified atom stereocenters. The van der Waals surface area contributed by atoms with Crippen LogP contribution in [-0.4, -0.2) is 43.3 Å². The number of aromatic nitrogens is 2. The Bertz CT molecular complexity index is 1000. The van der Waals surface area contributed by atoms with Gasteiger partial charge in [-0.15, -0.1) is 10.2 Å². The number of nitrogens with zero attached hydrogens (tertiary/aromatic N) is 3. The molecule has 0 fully saturated rings. The van der Waals surface area contributed by atoms with E-state index in [9.17, 15) is 9.59 Å². The molecule has 3 rings (SSSR count). The van der Waals surface area contributed by atoms with E-state index in [-0.39, 0.29) is 11.6 Å². The molecule has 8 heteroatoms. The van der Waals surface area contributed by atoms with Crippen molar-refractivity contribution in [3.63, 3.8) is 0 Å². The Labute approximate surface area is 168 Å². The average Bonchev–Trinajstić information content (AvgIpc) is 2.74. The van der Waals surface area contributed by atoms with Crippen LogP contribution in [0, 0.1) is 0 Å². The molecule has 2 N–H and O–H groups in total. The van der Waals surface area contributed by atoms with Gasteiger partial charge in [0.1, 0.15) is 0 Å². The summed E-state index contributed by atoms with van der Waals surface area (Å²) in [5.41, 5.74) is 2.78. The molecule has 2 aromatic carbocycles. The summed E-state index contributed by atoms with van der Waals surface area (Å²) in [4.78, 5) is 26.2. The highest BCUT2D eigenvalue weighted by Gasteiger charge is 2.13. The van der Waals surface area contributed by atoms with Gasteiger partial charge in [-0.05, 0) is 48.5 Å². The fourth-order valence-electron chi connectivity index (χ4n) is 2.58. The second-order valence-electron chi connectivity index (χ2n) is 6.36. The van der Waals surface area contributed by atoms with E-state index in [2.05, 4.69) is 20.8 Å². The predicted octanol–water partition coefficient (Wildman–Crippen LogP) is 3.33. The lowest BCUT2D eigenvalue weighted by molar-refractivity contribution is 0.0601. The van der Waals surface area contributed by atoms with Crippen molar-refractivity contribution < 1.29 is 14.3 Å². The van der Waals surface area contributed by atoms with Gasteiger partial charge in [-0.1, -0.05) is 12.1 Å². The number of methoxy groups -OCH3 is 1. The van der Waals surface area contributed by atoms with Crippen LogP contribution in [0.2, 0.25) is 0 Å². The maximum absolute atomic E-state index is 12.4. The Balaban J connectivity index is 1.69. The highest BCUT2D eigenvalue weighted by Crippen LogP contribution is 2.20.